The van der Waals surface area contributed by atoms with E-state index in [1.54, 1.807) is 31.2 Å². The van der Waals surface area contributed by atoms with Gasteiger partial charge in [-0.05, 0) is 43.7 Å². The lowest BCUT2D eigenvalue weighted by atomic mass is 10.2. The number of anilines is 2. The van der Waals surface area contributed by atoms with Crippen molar-refractivity contribution < 1.29 is 13.2 Å². The molecule has 3 rings (SSSR count). The molecule has 134 valence electrons. The number of halogens is 1. The molecule has 0 amide bonds. The van der Waals surface area contributed by atoms with E-state index in [1.807, 2.05) is 19.1 Å². The monoisotopic (exact) mass is 380 g/mol. The summed E-state index contributed by atoms with van der Waals surface area (Å²) in [6.07, 6.45) is 0. The van der Waals surface area contributed by atoms with Gasteiger partial charge in [-0.1, -0.05) is 29.3 Å². The van der Waals surface area contributed by atoms with Crippen LogP contribution in [0.2, 0.25) is 5.02 Å². The van der Waals surface area contributed by atoms with E-state index in [1.165, 1.54) is 0 Å². The Morgan fingerprint density at radius 3 is 2.48 bits per heavy atom. The quantitative estimate of drug-likeness (QED) is 0.880. The first-order chi connectivity index (χ1) is 11.9. The van der Waals surface area contributed by atoms with E-state index >= 15 is 0 Å². The van der Waals surface area contributed by atoms with Crippen molar-refractivity contribution in [1.82, 2.24) is 0 Å². The molecular formula is C18H21ClN2O3S. The number of hydrogen-bond acceptors (Lipinski definition) is 4. The number of rotatable bonds is 4. The third-order valence-corrected chi connectivity index (χ3v) is 6.05. The SMILES string of the molecule is Cc1ccc(S(=O)(=O)Nc2cc(N3CCOCC3)ccc2Cl)c(C)c1. The van der Waals surface area contributed by atoms with E-state index < -0.39 is 10.0 Å². The van der Waals surface area contributed by atoms with Crippen LogP contribution in [-0.4, -0.2) is 34.7 Å². The molecule has 0 unspecified atom stereocenters. The molecule has 1 saturated heterocycles. The maximum atomic E-state index is 12.8. The van der Waals surface area contributed by atoms with Crippen LogP contribution in [-0.2, 0) is 14.8 Å². The normalized spacial score (nSPS) is 15.2. The van der Waals surface area contributed by atoms with Crippen LogP contribution in [0.4, 0.5) is 11.4 Å². The molecule has 0 radical (unpaired) electrons. The fourth-order valence-corrected chi connectivity index (χ4v) is 4.43. The smallest absolute Gasteiger partial charge is 0.262 e. The van der Waals surface area contributed by atoms with Gasteiger partial charge in [0.15, 0.2) is 0 Å². The molecule has 0 spiro atoms. The van der Waals surface area contributed by atoms with Gasteiger partial charge in [0, 0.05) is 18.8 Å². The van der Waals surface area contributed by atoms with E-state index in [0.717, 1.165) is 24.3 Å². The third kappa shape index (κ3) is 4.08. The summed E-state index contributed by atoms with van der Waals surface area (Å²) in [6, 6.07) is 10.6. The van der Waals surface area contributed by atoms with Gasteiger partial charge in [-0.25, -0.2) is 8.42 Å². The van der Waals surface area contributed by atoms with E-state index in [4.69, 9.17) is 16.3 Å². The second-order valence-electron chi connectivity index (χ2n) is 6.14. The zero-order chi connectivity index (χ0) is 18.0. The van der Waals surface area contributed by atoms with Crippen molar-refractivity contribution in [3.05, 3.63) is 52.5 Å². The third-order valence-electron chi connectivity index (χ3n) is 4.19. The largest absolute Gasteiger partial charge is 0.378 e. The Morgan fingerprint density at radius 1 is 1.08 bits per heavy atom. The number of sulfonamides is 1. The summed E-state index contributed by atoms with van der Waals surface area (Å²) in [5, 5.41) is 0.366. The van der Waals surface area contributed by atoms with Gasteiger partial charge in [0.2, 0.25) is 0 Å². The summed E-state index contributed by atoms with van der Waals surface area (Å²) < 4.78 is 33.5. The van der Waals surface area contributed by atoms with Crippen LogP contribution in [0.5, 0.6) is 0 Å². The first kappa shape index (κ1) is 18.0. The average Bonchev–Trinajstić information content (AvgIpc) is 2.57. The summed E-state index contributed by atoms with van der Waals surface area (Å²) in [5.74, 6) is 0. The predicted octanol–water partition coefficient (Wildman–Crippen LogP) is 3.59. The topological polar surface area (TPSA) is 58.6 Å². The van der Waals surface area contributed by atoms with Gasteiger partial charge < -0.3 is 9.64 Å². The zero-order valence-corrected chi connectivity index (χ0v) is 15.8. The molecule has 0 aliphatic carbocycles. The van der Waals surface area contributed by atoms with Gasteiger partial charge in [-0.2, -0.15) is 0 Å². The first-order valence-corrected chi connectivity index (χ1v) is 9.95. The fraction of sp³-hybridized carbons (Fsp3) is 0.333. The van der Waals surface area contributed by atoms with Crippen molar-refractivity contribution >= 4 is 33.0 Å². The van der Waals surface area contributed by atoms with Gasteiger partial charge in [0.1, 0.15) is 0 Å². The second-order valence-corrected chi connectivity index (χ2v) is 8.20. The van der Waals surface area contributed by atoms with E-state index in [9.17, 15) is 8.42 Å². The molecule has 1 heterocycles. The highest BCUT2D eigenvalue weighted by Crippen LogP contribution is 2.30. The van der Waals surface area contributed by atoms with Crippen molar-refractivity contribution in [2.24, 2.45) is 0 Å². The van der Waals surface area contributed by atoms with E-state index in [0.29, 0.717) is 29.5 Å². The van der Waals surface area contributed by atoms with Crippen molar-refractivity contribution in [2.45, 2.75) is 18.7 Å². The molecule has 2 aromatic carbocycles. The maximum absolute atomic E-state index is 12.8. The van der Waals surface area contributed by atoms with Crippen LogP contribution < -0.4 is 9.62 Å². The Bertz CT molecular complexity index is 878. The molecule has 2 aromatic rings. The molecule has 1 N–H and O–H groups in total. The van der Waals surface area contributed by atoms with Crippen LogP contribution in [0.3, 0.4) is 0 Å². The standard InChI is InChI=1S/C18H21ClN2O3S/c1-13-3-6-18(14(2)11-13)25(22,23)20-17-12-15(4-5-16(17)19)21-7-9-24-10-8-21/h3-6,11-12,20H,7-10H2,1-2H3. The number of benzene rings is 2. The number of aryl methyl sites for hydroxylation is 2. The van der Waals surface area contributed by atoms with E-state index in [2.05, 4.69) is 9.62 Å². The number of morpholine rings is 1. The molecule has 5 nitrogen and oxygen atoms in total. The molecule has 1 fully saturated rings. The van der Waals surface area contributed by atoms with Crippen LogP contribution in [0.25, 0.3) is 0 Å². The number of hydrogen-bond donors (Lipinski definition) is 1. The van der Waals surface area contributed by atoms with Crippen LogP contribution >= 0.6 is 11.6 Å². The summed E-state index contributed by atoms with van der Waals surface area (Å²) >= 11 is 6.22. The van der Waals surface area contributed by atoms with Crippen LogP contribution in [0, 0.1) is 13.8 Å². The van der Waals surface area contributed by atoms with Gasteiger partial charge in [0.25, 0.3) is 10.0 Å². The van der Waals surface area contributed by atoms with Crippen molar-refractivity contribution in [3.8, 4) is 0 Å². The molecule has 1 aliphatic heterocycles. The van der Waals surface area contributed by atoms with Crippen molar-refractivity contribution in [3.63, 3.8) is 0 Å². The Labute approximate surface area is 153 Å². The van der Waals surface area contributed by atoms with Gasteiger partial charge in [-0.15, -0.1) is 0 Å². The Morgan fingerprint density at radius 2 is 1.80 bits per heavy atom. The molecule has 0 atom stereocenters. The average molecular weight is 381 g/mol. The summed E-state index contributed by atoms with van der Waals surface area (Å²) in [5.41, 5.74) is 3.02. The van der Waals surface area contributed by atoms with Crippen molar-refractivity contribution in [1.29, 1.82) is 0 Å². The molecule has 7 heteroatoms. The van der Waals surface area contributed by atoms with Crippen LogP contribution in [0.15, 0.2) is 41.3 Å². The molecule has 0 saturated carbocycles. The summed E-state index contributed by atoms with van der Waals surface area (Å²) in [7, 11) is -3.71. The molecule has 0 aromatic heterocycles. The minimum absolute atomic E-state index is 0.256. The van der Waals surface area contributed by atoms with E-state index in [-0.39, 0.29) is 4.90 Å². The maximum Gasteiger partial charge on any atom is 0.262 e. The lowest BCUT2D eigenvalue weighted by molar-refractivity contribution is 0.122. The first-order valence-electron chi connectivity index (χ1n) is 8.09. The highest BCUT2D eigenvalue weighted by atomic mass is 35.5. The van der Waals surface area contributed by atoms with Crippen molar-refractivity contribution in [2.75, 3.05) is 35.9 Å². The molecule has 0 bridgehead atoms. The Hall–Kier alpha value is -1.76. The summed E-state index contributed by atoms with van der Waals surface area (Å²) in [6.45, 7) is 6.57. The van der Waals surface area contributed by atoms with Gasteiger partial charge >= 0.3 is 0 Å². The Kier molecular flexibility index (Phi) is 5.22. The molecule has 25 heavy (non-hydrogen) atoms. The fourth-order valence-electron chi connectivity index (χ4n) is 2.91. The highest BCUT2D eigenvalue weighted by Gasteiger charge is 2.19. The number of nitrogens with one attached hydrogen (secondary N) is 1. The lowest BCUT2D eigenvalue weighted by Crippen LogP contribution is -2.36. The van der Waals surface area contributed by atoms with Gasteiger partial charge in [-0.3, -0.25) is 4.72 Å². The van der Waals surface area contributed by atoms with Gasteiger partial charge in [0.05, 0.1) is 28.8 Å². The lowest BCUT2D eigenvalue weighted by Gasteiger charge is -2.29. The number of ether oxygens (including phenoxy) is 1. The minimum Gasteiger partial charge on any atom is -0.378 e. The summed E-state index contributed by atoms with van der Waals surface area (Å²) in [4.78, 5) is 2.40. The molecular weight excluding hydrogens is 360 g/mol. The molecule has 1 aliphatic rings. The number of nitrogens with zero attached hydrogens (tertiary/aromatic N) is 1. The minimum atomic E-state index is -3.71. The zero-order valence-electron chi connectivity index (χ0n) is 14.3. The predicted molar refractivity (Wildman–Crippen MR) is 101 cm³/mol. The second kappa shape index (κ2) is 7.23. The van der Waals surface area contributed by atoms with Crippen LogP contribution in [0.1, 0.15) is 11.1 Å². The Balaban J connectivity index is 1.90. The highest BCUT2D eigenvalue weighted by molar-refractivity contribution is 7.92.